The molecule has 1 unspecified atom stereocenters. The second-order valence-electron chi connectivity index (χ2n) is 19.0. The Hall–Kier alpha value is -6.35. The monoisotopic (exact) mass is 962 g/mol. The van der Waals surface area contributed by atoms with E-state index in [2.05, 4.69) is 141 Å². The minimum Gasteiger partial charge on any atom is -0.444 e. The van der Waals surface area contributed by atoms with Crippen LogP contribution in [0.25, 0.3) is 55.4 Å². The van der Waals surface area contributed by atoms with Crippen molar-refractivity contribution < 1.29 is 14.6 Å². The van der Waals surface area contributed by atoms with Crippen LogP contribution in [0.2, 0.25) is 0 Å². The number of piperazine rings is 2. The number of ether oxygens (including phenoxy) is 1. The Bertz CT molecular complexity index is 3010. The lowest BCUT2D eigenvalue weighted by Crippen LogP contribution is -2.58. The fourth-order valence-electron chi connectivity index (χ4n) is 9.73. The van der Waals surface area contributed by atoms with Crippen LogP contribution >= 0.6 is 15.9 Å². The van der Waals surface area contributed by atoms with Crippen molar-refractivity contribution in [2.75, 3.05) is 36.0 Å². The summed E-state index contributed by atoms with van der Waals surface area (Å²) in [6.45, 7) is 19.6. The first kappa shape index (κ1) is 45.8. The van der Waals surface area contributed by atoms with E-state index in [1.54, 1.807) is 17.6 Å². The lowest BCUT2D eigenvalue weighted by molar-refractivity contribution is 0.0193. The normalized spacial score (nSPS) is 19.4. The van der Waals surface area contributed by atoms with Crippen LogP contribution in [-0.4, -0.2) is 101 Å². The van der Waals surface area contributed by atoms with Gasteiger partial charge < -0.3 is 29.9 Å². The number of amides is 1. The predicted molar refractivity (Wildman–Crippen MR) is 272 cm³/mol. The van der Waals surface area contributed by atoms with Gasteiger partial charge in [-0.25, -0.2) is 23.8 Å². The number of hydrogen-bond acceptors (Lipinski definition) is 10. The van der Waals surface area contributed by atoms with Crippen LogP contribution in [0.5, 0.6) is 0 Å². The number of carbonyl (C=O) groups excluding carboxylic acids is 1. The smallest absolute Gasteiger partial charge is 0.410 e. The van der Waals surface area contributed by atoms with Gasteiger partial charge in [-0.05, 0) is 129 Å². The molecule has 0 saturated carbocycles. The van der Waals surface area contributed by atoms with Gasteiger partial charge in [0.25, 0.3) is 0 Å². The molecule has 4 aromatic heterocycles. The van der Waals surface area contributed by atoms with Gasteiger partial charge >= 0.3 is 6.09 Å². The van der Waals surface area contributed by atoms with Gasteiger partial charge in [0.05, 0.1) is 23.0 Å². The fourth-order valence-corrected chi connectivity index (χ4v) is 10.1. The number of benzene rings is 4. The quantitative estimate of drug-likeness (QED) is 0.166. The maximum absolute atomic E-state index is 12.5. The highest BCUT2D eigenvalue weighted by atomic mass is 79.9. The first-order valence-electron chi connectivity index (χ1n) is 23.1. The van der Waals surface area contributed by atoms with E-state index in [1.807, 2.05) is 79.4 Å². The van der Waals surface area contributed by atoms with Crippen LogP contribution in [-0.2, 0) is 4.74 Å². The van der Waals surface area contributed by atoms with E-state index in [0.29, 0.717) is 25.2 Å². The molecular weight excluding hydrogens is 905 g/mol. The van der Waals surface area contributed by atoms with Gasteiger partial charge in [-0.2, -0.15) is 10.2 Å². The molecule has 0 aliphatic carbocycles. The molecule has 10 rings (SSSR count). The molecule has 8 aromatic rings. The maximum Gasteiger partial charge on any atom is 0.410 e. The molecule has 2 aliphatic rings. The van der Waals surface area contributed by atoms with Crippen LogP contribution in [0.3, 0.4) is 0 Å². The molecule has 0 radical (unpaired) electrons. The van der Waals surface area contributed by atoms with Crippen LogP contribution in [0, 0.1) is 0 Å². The third-order valence-electron chi connectivity index (χ3n) is 12.8. The number of aliphatic hydroxyl groups excluding tert-OH is 1. The molecule has 4 aromatic carbocycles. The average Bonchev–Trinajstić information content (AvgIpc) is 3.90. The average molecular weight is 964 g/mol. The molecule has 1 amide bonds. The van der Waals surface area contributed by atoms with E-state index in [0.717, 1.165) is 84.3 Å². The molecule has 2 aliphatic heterocycles. The van der Waals surface area contributed by atoms with Gasteiger partial charge in [-0.1, -0.05) is 60.7 Å². The summed E-state index contributed by atoms with van der Waals surface area (Å²) in [6.07, 6.45) is 10.7. The SMILES string of the molecule is CC(O)c1ccc(-c2cnn3cc(-c4ccc(N5[C@H](C)CNC[C@@H]5C)cc4)cnc23)c2ccccc12.C[C@@H]1CN(C(=O)OC(C)(C)C)C[C@H](C)N1c1ccc(-c2cnc3c(Br)cnn3c2)cc1. The second kappa shape index (κ2) is 18.7. The Morgan fingerprint density at radius 3 is 1.76 bits per heavy atom. The lowest BCUT2D eigenvalue weighted by Gasteiger charge is -2.45. The topological polar surface area (TPSA) is 129 Å². The third kappa shape index (κ3) is 9.47. The van der Waals surface area contributed by atoms with Crippen molar-refractivity contribution in [2.24, 2.45) is 0 Å². The molecule has 67 heavy (non-hydrogen) atoms. The molecule has 2 fully saturated rings. The summed E-state index contributed by atoms with van der Waals surface area (Å²) < 4.78 is 10.1. The van der Waals surface area contributed by atoms with Gasteiger partial charge in [-0.3, -0.25) is 0 Å². The number of anilines is 2. The Labute approximate surface area is 400 Å². The minimum atomic E-state index is -0.530. The number of nitrogens with one attached hydrogen (secondary N) is 1. The van der Waals surface area contributed by atoms with Gasteiger partial charge in [0.2, 0.25) is 0 Å². The molecule has 6 heterocycles. The van der Waals surface area contributed by atoms with E-state index >= 15 is 0 Å². The van der Waals surface area contributed by atoms with Gasteiger partial charge in [0.15, 0.2) is 11.3 Å². The van der Waals surface area contributed by atoms with Crippen molar-refractivity contribution in [1.29, 1.82) is 0 Å². The van der Waals surface area contributed by atoms with E-state index in [-0.39, 0.29) is 18.2 Å². The van der Waals surface area contributed by atoms with E-state index in [4.69, 9.17) is 9.72 Å². The molecular formula is C53H59BrN10O3. The highest BCUT2D eigenvalue weighted by molar-refractivity contribution is 9.10. The summed E-state index contributed by atoms with van der Waals surface area (Å²) in [7, 11) is 0. The van der Waals surface area contributed by atoms with Crippen molar-refractivity contribution in [2.45, 2.75) is 91.3 Å². The summed E-state index contributed by atoms with van der Waals surface area (Å²) in [5.41, 5.74) is 10.7. The van der Waals surface area contributed by atoms with Crippen molar-refractivity contribution in [3.8, 4) is 33.4 Å². The van der Waals surface area contributed by atoms with Crippen LogP contribution in [0.4, 0.5) is 16.2 Å². The number of nitrogens with zero attached hydrogens (tertiary/aromatic N) is 9. The zero-order valence-electron chi connectivity index (χ0n) is 39.4. The summed E-state index contributed by atoms with van der Waals surface area (Å²) in [4.78, 5) is 28.5. The number of aromatic nitrogens is 6. The summed E-state index contributed by atoms with van der Waals surface area (Å²) >= 11 is 3.46. The molecule has 5 atom stereocenters. The predicted octanol–water partition coefficient (Wildman–Crippen LogP) is 10.4. The second-order valence-corrected chi connectivity index (χ2v) is 19.9. The lowest BCUT2D eigenvalue weighted by atomic mass is 9.94. The number of rotatable bonds is 6. The Balaban J connectivity index is 0.000000170. The van der Waals surface area contributed by atoms with E-state index in [9.17, 15) is 9.90 Å². The molecule has 2 N–H and O–H groups in total. The first-order chi connectivity index (χ1) is 32.1. The maximum atomic E-state index is 12.5. The first-order valence-corrected chi connectivity index (χ1v) is 23.9. The Morgan fingerprint density at radius 2 is 1.19 bits per heavy atom. The standard InChI is InChI=1S/C30H31N5O.C23H28BrN5O2/c1-19-14-31-15-20(2)35(19)24-10-8-22(9-11-24)23-16-32-30-29(17-33-34(30)18-23)28-13-12-25(21(3)36)26-6-4-5-7-27(26)28;1-15-12-27(22(30)31-23(3,4)5)13-16(2)29(15)19-8-6-17(7-9-19)18-10-25-21-20(24)11-26-28(21)14-18/h4-13,16-21,31,36H,14-15H2,1-3H3;6-11,14-16H,12-13H2,1-5H3/t19-,20+,21?;15-,16+. The van der Waals surface area contributed by atoms with E-state index < -0.39 is 11.7 Å². The van der Waals surface area contributed by atoms with Crippen molar-refractivity contribution in [1.82, 2.24) is 39.4 Å². The third-order valence-corrected chi connectivity index (χ3v) is 13.3. The molecule has 346 valence electrons. The van der Waals surface area contributed by atoms with E-state index in [1.165, 1.54) is 5.69 Å². The van der Waals surface area contributed by atoms with Crippen LogP contribution < -0.4 is 15.1 Å². The van der Waals surface area contributed by atoms with Crippen LogP contribution in [0.1, 0.15) is 67.1 Å². The largest absolute Gasteiger partial charge is 0.444 e. The zero-order chi connectivity index (χ0) is 47.1. The van der Waals surface area contributed by atoms with Gasteiger partial charge in [-0.15, -0.1) is 0 Å². The van der Waals surface area contributed by atoms with Crippen molar-refractivity contribution >= 4 is 55.5 Å². The Kier molecular flexibility index (Phi) is 12.8. The van der Waals surface area contributed by atoms with Crippen molar-refractivity contribution in [3.05, 3.63) is 132 Å². The number of aliphatic hydroxyl groups is 1. The molecule has 13 nitrogen and oxygen atoms in total. The summed E-state index contributed by atoms with van der Waals surface area (Å²) in [6, 6.07) is 30.8. The van der Waals surface area contributed by atoms with Crippen LogP contribution in [0.15, 0.2) is 127 Å². The molecule has 14 heteroatoms. The highest BCUT2D eigenvalue weighted by Gasteiger charge is 2.34. The fraction of sp³-hybridized carbons (Fsp3) is 0.340. The number of carbonyl (C=O) groups is 1. The number of fused-ring (bicyclic) bond motifs is 3. The van der Waals surface area contributed by atoms with Crippen molar-refractivity contribution in [3.63, 3.8) is 0 Å². The summed E-state index contributed by atoms with van der Waals surface area (Å²) in [5, 5.41) is 24.8. The zero-order valence-corrected chi connectivity index (χ0v) is 41.0. The Morgan fingerprint density at radius 1 is 0.672 bits per heavy atom. The highest BCUT2D eigenvalue weighted by Crippen LogP contribution is 2.36. The minimum absolute atomic E-state index is 0.182. The molecule has 0 bridgehead atoms. The number of hydrogen-bond donors (Lipinski definition) is 2. The van der Waals surface area contributed by atoms with Gasteiger partial charge in [0, 0.05) is 103 Å². The number of halogens is 1. The summed E-state index contributed by atoms with van der Waals surface area (Å²) in [5.74, 6) is 0. The molecule has 2 saturated heterocycles. The van der Waals surface area contributed by atoms with Gasteiger partial charge in [0.1, 0.15) is 5.60 Å². The molecule has 0 spiro atoms.